The molecular formula is C15H16N6O. The van der Waals surface area contributed by atoms with Crippen molar-refractivity contribution in [1.29, 1.82) is 0 Å². The zero-order chi connectivity index (χ0) is 15.9. The van der Waals surface area contributed by atoms with Crippen molar-refractivity contribution < 1.29 is 4.79 Å². The molecule has 0 saturated heterocycles. The lowest BCUT2D eigenvalue weighted by atomic mass is 10.1. The van der Waals surface area contributed by atoms with Crippen molar-refractivity contribution >= 4 is 28.5 Å². The zero-order valence-electron chi connectivity index (χ0n) is 12.3. The third kappa shape index (κ3) is 2.26. The highest BCUT2D eigenvalue weighted by atomic mass is 16.1. The summed E-state index contributed by atoms with van der Waals surface area (Å²) < 4.78 is 1.90. The first-order valence-corrected chi connectivity index (χ1v) is 6.86. The highest BCUT2D eigenvalue weighted by Crippen LogP contribution is 2.25. The Balaban J connectivity index is 2.21. The lowest BCUT2D eigenvalue weighted by molar-refractivity contribution is 0.103. The first-order valence-electron chi connectivity index (χ1n) is 6.86. The molecule has 0 spiro atoms. The summed E-state index contributed by atoms with van der Waals surface area (Å²) in [6.07, 6.45) is 4.84. The number of aromatic nitrogens is 4. The smallest absolute Gasteiger partial charge is 0.221 e. The monoisotopic (exact) mass is 296 g/mol. The summed E-state index contributed by atoms with van der Waals surface area (Å²) in [6.45, 7) is 4.01. The molecule has 3 heterocycles. The van der Waals surface area contributed by atoms with Gasteiger partial charge in [-0.1, -0.05) is 0 Å². The number of ketones is 1. The van der Waals surface area contributed by atoms with E-state index in [9.17, 15) is 4.79 Å². The predicted octanol–water partition coefficient (Wildman–Crippen LogP) is 1.80. The molecule has 112 valence electrons. The molecule has 0 aliphatic carbocycles. The normalized spacial score (nSPS) is 11.2. The second-order valence-corrected chi connectivity index (χ2v) is 5.31. The fourth-order valence-electron chi connectivity index (χ4n) is 2.33. The molecule has 0 aliphatic rings. The molecule has 0 fully saturated rings. The highest BCUT2D eigenvalue weighted by Gasteiger charge is 2.20. The summed E-state index contributed by atoms with van der Waals surface area (Å²) in [7, 11) is 0. The van der Waals surface area contributed by atoms with Crippen LogP contribution in [0.2, 0.25) is 0 Å². The first kappa shape index (κ1) is 14.0. The standard InChI is InChI=1S/C15H16N6O/c1-8(2)21-7-11(10-6-19-15(17)20-14(10)21)13(22)12-5-9(16)3-4-18-12/h3-8H,1-2H3,(H2,16,18)(H2,17,19,20). The summed E-state index contributed by atoms with van der Waals surface area (Å²) in [6, 6.07) is 3.32. The second-order valence-electron chi connectivity index (χ2n) is 5.31. The number of rotatable bonds is 3. The number of carbonyl (C=O) groups is 1. The number of nitrogens with two attached hydrogens (primary N) is 2. The summed E-state index contributed by atoms with van der Waals surface area (Å²) in [5.41, 5.74) is 13.3. The first-order chi connectivity index (χ1) is 10.5. The van der Waals surface area contributed by atoms with Crippen LogP contribution in [0.5, 0.6) is 0 Å². The van der Waals surface area contributed by atoms with Gasteiger partial charge in [-0.25, -0.2) is 4.98 Å². The van der Waals surface area contributed by atoms with Crippen molar-refractivity contribution in [2.75, 3.05) is 11.5 Å². The number of hydrogen-bond acceptors (Lipinski definition) is 6. The van der Waals surface area contributed by atoms with Gasteiger partial charge < -0.3 is 16.0 Å². The van der Waals surface area contributed by atoms with Crippen molar-refractivity contribution in [2.24, 2.45) is 0 Å². The molecule has 0 aromatic carbocycles. The minimum Gasteiger partial charge on any atom is -0.399 e. The Morgan fingerprint density at radius 2 is 2.05 bits per heavy atom. The lowest BCUT2D eigenvalue weighted by Gasteiger charge is -2.07. The van der Waals surface area contributed by atoms with Crippen LogP contribution >= 0.6 is 0 Å². The number of hydrogen-bond donors (Lipinski definition) is 2. The molecule has 0 amide bonds. The van der Waals surface area contributed by atoms with Gasteiger partial charge in [-0.3, -0.25) is 9.78 Å². The highest BCUT2D eigenvalue weighted by molar-refractivity contribution is 6.15. The van der Waals surface area contributed by atoms with E-state index in [0.29, 0.717) is 28.0 Å². The minimum atomic E-state index is -0.218. The molecule has 3 aromatic rings. The Morgan fingerprint density at radius 1 is 1.27 bits per heavy atom. The van der Waals surface area contributed by atoms with E-state index in [0.717, 1.165) is 0 Å². The summed E-state index contributed by atoms with van der Waals surface area (Å²) in [5.74, 6) is -0.0429. The molecule has 4 N–H and O–H groups in total. The van der Waals surface area contributed by atoms with E-state index in [1.165, 1.54) is 6.20 Å². The number of nitrogen functional groups attached to an aromatic ring is 2. The number of pyridine rings is 1. The largest absolute Gasteiger partial charge is 0.399 e. The van der Waals surface area contributed by atoms with Crippen LogP contribution in [-0.2, 0) is 0 Å². The van der Waals surface area contributed by atoms with E-state index >= 15 is 0 Å². The van der Waals surface area contributed by atoms with Crippen LogP contribution in [0.1, 0.15) is 35.9 Å². The van der Waals surface area contributed by atoms with Crippen LogP contribution < -0.4 is 11.5 Å². The molecule has 0 atom stereocenters. The van der Waals surface area contributed by atoms with E-state index in [1.807, 2.05) is 18.4 Å². The van der Waals surface area contributed by atoms with E-state index < -0.39 is 0 Å². The number of anilines is 2. The molecule has 7 nitrogen and oxygen atoms in total. The SMILES string of the molecule is CC(C)n1cc(C(=O)c2cc(N)ccn2)c2cnc(N)nc21. The number of fused-ring (bicyclic) bond motifs is 1. The molecule has 0 radical (unpaired) electrons. The van der Waals surface area contributed by atoms with Gasteiger partial charge in [-0.2, -0.15) is 4.98 Å². The van der Waals surface area contributed by atoms with E-state index in [4.69, 9.17) is 11.5 Å². The molecule has 0 aliphatic heterocycles. The molecule has 22 heavy (non-hydrogen) atoms. The Hall–Kier alpha value is -2.96. The zero-order valence-corrected chi connectivity index (χ0v) is 12.3. The molecule has 3 rings (SSSR count). The second kappa shape index (κ2) is 5.10. The molecule has 0 saturated carbocycles. The molecule has 3 aromatic heterocycles. The number of nitrogens with zero attached hydrogens (tertiary/aromatic N) is 4. The van der Waals surface area contributed by atoms with Gasteiger partial charge in [0.2, 0.25) is 11.7 Å². The summed E-state index contributed by atoms with van der Waals surface area (Å²) in [4.78, 5) is 25.0. The van der Waals surface area contributed by atoms with Crippen molar-refractivity contribution in [1.82, 2.24) is 19.5 Å². The number of carbonyl (C=O) groups excluding carboxylic acids is 1. The van der Waals surface area contributed by atoms with Crippen LogP contribution in [0.25, 0.3) is 11.0 Å². The van der Waals surface area contributed by atoms with E-state index in [-0.39, 0.29) is 17.8 Å². The quantitative estimate of drug-likeness (QED) is 0.713. The van der Waals surface area contributed by atoms with Crippen molar-refractivity contribution in [3.8, 4) is 0 Å². The Morgan fingerprint density at radius 3 is 2.73 bits per heavy atom. The topological polar surface area (TPSA) is 113 Å². The van der Waals surface area contributed by atoms with Gasteiger partial charge >= 0.3 is 0 Å². The fourth-order valence-corrected chi connectivity index (χ4v) is 2.33. The Kier molecular flexibility index (Phi) is 3.25. The van der Waals surface area contributed by atoms with Gasteiger partial charge in [0.25, 0.3) is 0 Å². The van der Waals surface area contributed by atoms with Crippen molar-refractivity contribution in [2.45, 2.75) is 19.9 Å². The Bertz CT molecular complexity index is 868. The van der Waals surface area contributed by atoms with Crippen LogP contribution in [0.4, 0.5) is 11.6 Å². The minimum absolute atomic E-state index is 0.132. The van der Waals surface area contributed by atoms with Crippen LogP contribution in [-0.4, -0.2) is 25.3 Å². The van der Waals surface area contributed by atoms with Crippen LogP contribution in [0, 0.1) is 0 Å². The molecular weight excluding hydrogens is 280 g/mol. The van der Waals surface area contributed by atoms with Gasteiger partial charge in [0, 0.05) is 35.7 Å². The van der Waals surface area contributed by atoms with Crippen LogP contribution in [0.15, 0.2) is 30.7 Å². The predicted molar refractivity (Wildman–Crippen MR) is 84.4 cm³/mol. The fraction of sp³-hybridized carbons (Fsp3) is 0.200. The van der Waals surface area contributed by atoms with Gasteiger partial charge in [0.05, 0.1) is 5.56 Å². The third-order valence-corrected chi connectivity index (χ3v) is 3.41. The summed E-state index contributed by atoms with van der Waals surface area (Å²) >= 11 is 0. The third-order valence-electron chi connectivity index (χ3n) is 3.41. The van der Waals surface area contributed by atoms with Gasteiger partial charge in [-0.15, -0.1) is 0 Å². The maximum atomic E-state index is 12.7. The van der Waals surface area contributed by atoms with Gasteiger partial charge in [0.1, 0.15) is 11.3 Å². The molecule has 0 bridgehead atoms. The average molecular weight is 296 g/mol. The van der Waals surface area contributed by atoms with Gasteiger partial charge in [0.15, 0.2) is 0 Å². The van der Waals surface area contributed by atoms with E-state index in [2.05, 4.69) is 15.0 Å². The van der Waals surface area contributed by atoms with E-state index in [1.54, 1.807) is 24.5 Å². The van der Waals surface area contributed by atoms with Gasteiger partial charge in [-0.05, 0) is 26.0 Å². The molecule has 7 heteroatoms. The van der Waals surface area contributed by atoms with Crippen LogP contribution in [0.3, 0.4) is 0 Å². The Labute approximate surface area is 127 Å². The van der Waals surface area contributed by atoms with Crippen molar-refractivity contribution in [3.05, 3.63) is 42.0 Å². The molecule has 0 unspecified atom stereocenters. The lowest BCUT2D eigenvalue weighted by Crippen LogP contribution is -2.04. The maximum absolute atomic E-state index is 12.7. The van der Waals surface area contributed by atoms with Crippen molar-refractivity contribution in [3.63, 3.8) is 0 Å². The average Bonchev–Trinajstić information content (AvgIpc) is 2.85. The maximum Gasteiger partial charge on any atom is 0.221 e. The summed E-state index contributed by atoms with van der Waals surface area (Å²) in [5, 5.41) is 0.650.